The Morgan fingerprint density at radius 2 is 1.94 bits per heavy atom. The van der Waals surface area contributed by atoms with E-state index in [1.165, 1.54) is 45.3 Å². The van der Waals surface area contributed by atoms with Crippen molar-refractivity contribution in [2.24, 2.45) is 5.41 Å². The number of hydrogen-bond donors (Lipinski definition) is 1. The lowest BCUT2D eigenvalue weighted by molar-refractivity contribution is 0.0659. The Kier molecular flexibility index (Phi) is 3.33. The van der Waals surface area contributed by atoms with Crippen molar-refractivity contribution >= 4 is 0 Å². The standard InChI is InChI=1S/C14H28N2/c1-5-12-9-15-14(4,6-2)11-16(12)10-13(3)7-8-13/h12,15H,5-11H2,1-4H3. The highest BCUT2D eigenvalue weighted by Gasteiger charge is 2.42. The van der Waals surface area contributed by atoms with Crippen LogP contribution in [0.1, 0.15) is 53.4 Å². The van der Waals surface area contributed by atoms with E-state index in [1.54, 1.807) is 0 Å². The van der Waals surface area contributed by atoms with Crippen LogP contribution < -0.4 is 5.32 Å². The molecule has 94 valence electrons. The summed E-state index contributed by atoms with van der Waals surface area (Å²) in [6.07, 6.45) is 5.39. The van der Waals surface area contributed by atoms with Gasteiger partial charge in [0.2, 0.25) is 0 Å². The molecule has 0 radical (unpaired) electrons. The van der Waals surface area contributed by atoms with E-state index < -0.39 is 0 Å². The average molecular weight is 224 g/mol. The second kappa shape index (κ2) is 4.30. The lowest BCUT2D eigenvalue weighted by Gasteiger charge is -2.47. The molecule has 0 bridgehead atoms. The second-order valence-corrected chi connectivity index (χ2v) is 6.57. The molecular weight excluding hydrogens is 196 g/mol. The van der Waals surface area contributed by atoms with E-state index in [0.717, 1.165) is 6.04 Å². The zero-order valence-corrected chi connectivity index (χ0v) is 11.5. The predicted octanol–water partition coefficient (Wildman–Crippen LogP) is 2.64. The Labute approximate surface area is 101 Å². The minimum Gasteiger partial charge on any atom is -0.309 e. The lowest BCUT2D eigenvalue weighted by atomic mass is 9.91. The van der Waals surface area contributed by atoms with Crippen LogP contribution in [-0.4, -0.2) is 36.1 Å². The summed E-state index contributed by atoms with van der Waals surface area (Å²) in [5.41, 5.74) is 0.996. The minimum atomic E-state index is 0.344. The largest absolute Gasteiger partial charge is 0.309 e. The van der Waals surface area contributed by atoms with E-state index in [9.17, 15) is 0 Å². The average Bonchev–Trinajstić information content (AvgIpc) is 2.97. The minimum absolute atomic E-state index is 0.344. The van der Waals surface area contributed by atoms with Crippen molar-refractivity contribution in [2.75, 3.05) is 19.6 Å². The van der Waals surface area contributed by atoms with E-state index in [-0.39, 0.29) is 0 Å². The second-order valence-electron chi connectivity index (χ2n) is 6.57. The molecule has 0 amide bonds. The van der Waals surface area contributed by atoms with Gasteiger partial charge in [0.25, 0.3) is 0 Å². The topological polar surface area (TPSA) is 15.3 Å². The third kappa shape index (κ3) is 2.60. The van der Waals surface area contributed by atoms with Crippen LogP contribution in [0, 0.1) is 5.41 Å². The zero-order chi connectivity index (χ0) is 11.8. The highest BCUT2D eigenvalue weighted by atomic mass is 15.3. The van der Waals surface area contributed by atoms with E-state index in [2.05, 4.69) is 37.9 Å². The number of hydrogen-bond acceptors (Lipinski definition) is 2. The zero-order valence-electron chi connectivity index (χ0n) is 11.5. The molecule has 2 fully saturated rings. The monoisotopic (exact) mass is 224 g/mol. The smallest absolute Gasteiger partial charge is 0.0278 e. The van der Waals surface area contributed by atoms with Gasteiger partial charge in [0, 0.05) is 31.2 Å². The molecule has 0 aromatic carbocycles. The maximum Gasteiger partial charge on any atom is 0.0278 e. The number of nitrogens with one attached hydrogen (secondary N) is 1. The molecule has 2 atom stereocenters. The Bertz CT molecular complexity index is 247. The highest BCUT2D eigenvalue weighted by molar-refractivity contribution is 4.99. The van der Waals surface area contributed by atoms with Gasteiger partial charge in [-0.15, -0.1) is 0 Å². The third-order valence-corrected chi connectivity index (χ3v) is 4.77. The van der Waals surface area contributed by atoms with Gasteiger partial charge in [0.1, 0.15) is 0 Å². The lowest BCUT2D eigenvalue weighted by Crippen LogP contribution is -2.63. The van der Waals surface area contributed by atoms with Gasteiger partial charge in [-0.05, 0) is 38.0 Å². The third-order valence-electron chi connectivity index (χ3n) is 4.77. The van der Waals surface area contributed by atoms with Crippen molar-refractivity contribution in [2.45, 2.75) is 65.0 Å². The van der Waals surface area contributed by atoms with Gasteiger partial charge >= 0.3 is 0 Å². The van der Waals surface area contributed by atoms with Crippen LogP contribution in [0.3, 0.4) is 0 Å². The fourth-order valence-corrected chi connectivity index (χ4v) is 2.81. The maximum atomic E-state index is 3.74. The first-order chi connectivity index (χ1) is 7.50. The van der Waals surface area contributed by atoms with E-state index in [1.807, 2.05) is 0 Å². The molecule has 0 aromatic rings. The van der Waals surface area contributed by atoms with Crippen LogP contribution in [0.25, 0.3) is 0 Å². The fraction of sp³-hybridized carbons (Fsp3) is 1.00. The first kappa shape index (κ1) is 12.4. The highest BCUT2D eigenvalue weighted by Crippen LogP contribution is 2.46. The summed E-state index contributed by atoms with van der Waals surface area (Å²) in [7, 11) is 0. The molecule has 1 aliphatic heterocycles. The molecule has 1 heterocycles. The molecule has 0 aromatic heterocycles. The summed E-state index contributed by atoms with van der Waals surface area (Å²) in [4.78, 5) is 2.76. The van der Waals surface area contributed by atoms with Gasteiger partial charge in [0.15, 0.2) is 0 Å². The molecule has 2 heteroatoms. The summed E-state index contributed by atoms with van der Waals surface area (Å²) in [6.45, 7) is 13.2. The molecule has 1 saturated carbocycles. The number of rotatable bonds is 4. The van der Waals surface area contributed by atoms with Crippen LogP contribution in [0.5, 0.6) is 0 Å². The van der Waals surface area contributed by atoms with Gasteiger partial charge in [0.05, 0.1) is 0 Å². The van der Waals surface area contributed by atoms with Crippen molar-refractivity contribution in [3.05, 3.63) is 0 Å². The van der Waals surface area contributed by atoms with Gasteiger partial charge in [-0.3, -0.25) is 4.90 Å². The van der Waals surface area contributed by atoms with Crippen LogP contribution in [0.15, 0.2) is 0 Å². The van der Waals surface area contributed by atoms with Crippen LogP contribution in [0.4, 0.5) is 0 Å². The van der Waals surface area contributed by atoms with Gasteiger partial charge < -0.3 is 5.32 Å². The Morgan fingerprint density at radius 3 is 2.44 bits per heavy atom. The summed E-state index contributed by atoms with van der Waals surface area (Å²) in [5.74, 6) is 0. The molecule has 16 heavy (non-hydrogen) atoms. The Morgan fingerprint density at radius 1 is 1.25 bits per heavy atom. The molecule has 2 rings (SSSR count). The van der Waals surface area contributed by atoms with Crippen molar-refractivity contribution in [3.8, 4) is 0 Å². The quantitative estimate of drug-likeness (QED) is 0.790. The molecular formula is C14H28N2. The van der Waals surface area contributed by atoms with Crippen molar-refractivity contribution in [1.29, 1.82) is 0 Å². The van der Waals surface area contributed by atoms with Gasteiger partial charge in [-0.1, -0.05) is 20.8 Å². The molecule has 1 saturated heterocycles. The van der Waals surface area contributed by atoms with Gasteiger partial charge in [-0.2, -0.15) is 0 Å². The van der Waals surface area contributed by atoms with Crippen molar-refractivity contribution < 1.29 is 0 Å². The summed E-state index contributed by atoms with van der Waals surface area (Å²) in [6, 6.07) is 0.761. The molecule has 2 aliphatic rings. The van der Waals surface area contributed by atoms with Crippen LogP contribution >= 0.6 is 0 Å². The Balaban J connectivity index is 1.99. The van der Waals surface area contributed by atoms with Crippen molar-refractivity contribution in [3.63, 3.8) is 0 Å². The fourth-order valence-electron chi connectivity index (χ4n) is 2.81. The number of piperazine rings is 1. The Hall–Kier alpha value is -0.0800. The van der Waals surface area contributed by atoms with Crippen LogP contribution in [-0.2, 0) is 0 Å². The summed E-state index contributed by atoms with van der Waals surface area (Å²) < 4.78 is 0. The molecule has 2 unspecified atom stereocenters. The maximum absolute atomic E-state index is 3.74. The van der Waals surface area contributed by atoms with E-state index in [0.29, 0.717) is 11.0 Å². The van der Waals surface area contributed by atoms with Crippen molar-refractivity contribution in [1.82, 2.24) is 10.2 Å². The van der Waals surface area contributed by atoms with Crippen LogP contribution in [0.2, 0.25) is 0 Å². The molecule has 2 nitrogen and oxygen atoms in total. The van der Waals surface area contributed by atoms with Gasteiger partial charge in [-0.25, -0.2) is 0 Å². The SMILES string of the molecule is CCC1CNC(C)(CC)CN1CC1(C)CC1. The first-order valence-corrected chi connectivity index (χ1v) is 6.99. The first-order valence-electron chi connectivity index (χ1n) is 6.99. The number of nitrogens with zero attached hydrogens (tertiary/aromatic N) is 1. The van der Waals surface area contributed by atoms with E-state index in [4.69, 9.17) is 0 Å². The molecule has 1 aliphatic carbocycles. The predicted molar refractivity (Wildman–Crippen MR) is 69.7 cm³/mol. The summed E-state index contributed by atoms with van der Waals surface area (Å²) in [5, 5.41) is 3.74. The molecule has 0 spiro atoms. The van der Waals surface area contributed by atoms with E-state index >= 15 is 0 Å². The summed E-state index contributed by atoms with van der Waals surface area (Å²) >= 11 is 0. The normalized spacial score (nSPS) is 38.6. The molecule has 1 N–H and O–H groups in total.